The van der Waals surface area contributed by atoms with Crippen LogP contribution in [0.2, 0.25) is 5.02 Å². The fourth-order valence-electron chi connectivity index (χ4n) is 2.13. The van der Waals surface area contributed by atoms with Gasteiger partial charge in [-0.15, -0.1) is 0 Å². The highest BCUT2D eigenvalue weighted by Gasteiger charge is 2.14. The van der Waals surface area contributed by atoms with Crippen molar-refractivity contribution in [2.45, 2.75) is 20.3 Å². The highest BCUT2D eigenvalue weighted by atomic mass is 79.9. The van der Waals surface area contributed by atoms with Gasteiger partial charge in [-0.25, -0.2) is 4.98 Å². The minimum atomic E-state index is -0.456. The van der Waals surface area contributed by atoms with Crippen molar-refractivity contribution in [3.05, 3.63) is 51.1 Å². The fourth-order valence-corrected chi connectivity index (χ4v) is 2.68. The first-order chi connectivity index (χ1) is 12.4. The molecule has 26 heavy (non-hydrogen) atoms. The first-order valence-corrected chi connectivity index (χ1v) is 9.21. The number of nitrogens with one attached hydrogen (secondary N) is 2. The van der Waals surface area contributed by atoms with E-state index in [1.54, 1.807) is 12.1 Å². The number of hydrogen-bond donors (Lipinski definition) is 2. The lowest BCUT2D eigenvalue weighted by atomic mass is 10.2. The number of benzene rings is 1. The predicted molar refractivity (Wildman–Crippen MR) is 105 cm³/mol. The van der Waals surface area contributed by atoms with Crippen LogP contribution in [0.4, 0.5) is 5.69 Å². The Morgan fingerprint density at radius 3 is 2.77 bits per heavy atom. The van der Waals surface area contributed by atoms with E-state index in [9.17, 15) is 9.59 Å². The smallest absolute Gasteiger partial charge is 0.271 e. The van der Waals surface area contributed by atoms with Crippen LogP contribution in [0, 0.1) is 6.92 Å². The monoisotopic (exact) mass is 439 g/mol. The molecule has 8 heteroatoms. The maximum atomic E-state index is 12.2. The molecule has 0 spiro atoms. The summed E-state index contributed by atoms with van der Waals surface area (Å²) >= 11 is 9.38. The molecule has 1 aromatic carbocycles. The third-order valence-corrected chi connectivity index (χ3v) is 4.24. The molecular formula is C18H19BrClN3O3. The van der Waals surface area contributed by atoms with Crippen LogP contribution in [0.15, 0.2) is 34.8 Å². The lowest BCUT2D eigenvalue weighted by Gasteiger charge is -2.10. The van der Waals surface area contributed by atoms with Gasteiger partial charge in [0.05, 0.1) is 11.6 Å². The standard InChI is InChI=1S/C18H19BrClN3O3/c1-3-26-16-7-6-13(20)17(23-16)18(25)21-9-8-15(24)22-14-10-12(19)5-4-11(14)2/h4-7,10H,3,8-9H2,1-2H3,(H,21,25)(H,22,24). The van der Waals surface area contributed by atoms with E-state index in [0.29, 0.717) is 12.5 Å². The van der Waals surface area contributed by atoms with E-state index in [0.717, 1.165) is 15.7 Å². The molecule has 2 aromatic rings. The normalized spacial score (nSPS) is 10.3. The SMILES string of the molecule is CCOc1ccc(Cl)c(C(=O)NCCC(=O)Nc2cc(Br)ccc2C)n1. The van der Waals surface area contributed by atoms with Crippen molar-refractivity contribution in [3.63, 3.8) is 0 Å². The lowest BCUT2D eigenvalue weighted by molar-refractivity contribution is -0.116. The quantitative estimate of drug-likeness (QED) is 0.683. The molecule has 0 unspecified atom stereocenters. The Labute approximate surface area is 165 Å². The van der Waals surface area contributed by atoms with Gasteiger partial charge in [0.15, 0.2) is 5.69 Å². The van der Waals surface area contributed by atoms with Gasteiger partial charge in [-0.3, -0.25) is 9.59 Å². The molecule has 0 fully saturated rings. The Morgan fingerprint density at radius 1 is 1.27 bits per heavy atom. The molecule has 0 aliphatic heterocycles. The molecule has 1 heterocycles. The van der Waals surface area contributed by atoms with Crippen LogP contribution in [0.25, 0.3) is 0 Å². The number of aromatic nitrogens is 1. The van der Waals surface area contributed by atoms with Crippen molar-refractivity contribution in [3.8, 4) is 5.88 Å². The zero-order valence-electron chi connectivity index (χ0n) is 14.4. The first-order valence-electron chi connectivity index (χ1n) is 8.04. The molecular weight excluding hydrogens is 422 g/mol. The number of aryl methyl sites for hydroxylation is 1. The number of amides is 2. The van der Waals surface area contributed by atoms with Gasteiger partial charge in [-0.05, 0) is 37.6 Å². The Morgan fingerprint density at radius 2 is 2.04 bits per heavy atom. The minimum absolute atomic E-state index is 0.0702. The van der Waals surface area contributed by atoms with Crippen LogP contribution in [0.1, 0.15) is 29.4 Å². The molecule has 2 N–H and O–H groups in total. The Kier molecular flexibility index (Phi) is 7.41. The molecule has 1 aromatic heterocycles. The maximum Gasteiger partial charge on any atom is 0.271 e. The Balaban J connectivity index is 1.89. The van der Waals surface area contributed by atoms with Gasteiger partial charge in [0.1, 0.15) is 0 Å². The van der Waals surface area contributed by atoms with Crippen molar-refractivity contribution in [1.29, 1.82) is 0 Å². The van der Waals surface area contributed by atoms with Gasteiger partial charge in [0.25, 0.3) is 5.91 Å². The van der Waals surface area contributed by atoms with Crippen LogP contribution in [0.3, 0.4) is 0 Å². The number of ether oxygens (including phenoxy) is 1. The van der Waals surface area contributed by atoms with Crippen LogP contribution in [-0.4, -0.2) is 29.9 Å². The van der Waals surface area contributed by atoms with Crippen molar-refractivity contribution in [1.82, 2.24) is 10.3 Å². The van der Waals surface area contributed by atoms with Crippen molar-refractivity contribution >= 4 is 45.0 Å². The fraction of sp³-hybridized carbons (Fsp3) is 0.278. The van der Waals surface area contributed by atoms with Crippen molar-refractivity contribution in [2.24, 2.45) is 0 Å². The van der Waals surface area contributed by atoms with E-state index < -0.39 is 5.91 Å². The van der Waals surface area contributed by atoms with Crippen LogP contribution in [0.5, 0.6) is 5.88 Å². The molecule has 2 rings (SSSR count). The molecule has 0 bridgehead atoms. The third kappa shape index (κ3) is 5.71. The van der Waals surface area contributed by atoms with E-state index in [-0.39, 0.29) is 29.6 Å². The average molecular weight is 441 g/mol. The number of hydrogen-bond acceptors (Lipinski definition) is 4. The molecule has 138 valence electrons. The summed E-state index contributed by atoms with van der Waals surface area (Å²) in [6.07, 6.45) is 0.125. The number of anilines is 1. The molecule has 0 radical (unpaired) electrons. The number of rotatable bonds is 7. The molecule has 2 amide bonds. The van der Waals surface area contributed by atoms with E-state index in [1.165, 1.54) is 0 Å². The van der Waals surface area contributed by atoms with Gasteiger partial charge in [0, 0.05) is 29.2 Å². The Bertz CT molecular complexity index is 814. The van der Waals surface area contributed by atoms with Gasteiger partial charge in [-0.2, -0.15) is 0 Å². The van der Waals surface area contributed by atoms with Crippen molar-refractivity contribution in [2.75, 3.05) is 18.5 Å². The minimum Gasteiger partial charge on any atom is -0.478 e. The van der Waals surface area contributed by atoms with Crippen LogP contribution < -0.4 is 15.4 Å². The molecule has 0 atom stereocenters. The van der Waals surface area contributed by atoms with E-state index in [4.69, 9.17) is 16.3 Å². The van der Waals surface area contributed by atoms with Crippen LogP contribution >= 0.6 is 27.5 Å². The Hall–Kier alpha value is -2.12. The van der Waals surface area contributed by atoms with Gasteiger partial charge in [-0.1, -0.05) is 33.6 Å². The topological polar surface area (TPSA) is 80.3 Å². The summed E-state index contributed by atoms with van der Waals surface area (Å²) in [6.45, 7) is 4.32. The largest absolute Gasteiger partial charge is 0.478 e. The average Bonchev–Trinajstić information content (AvgIpc) is 2.60. The summed E-state index contributed by atoms with van der Waals surface area (Å²) in [4.78, 5) is 28.3. The second-order valence-electron chi connectivity index (χ2n) is 5.43. The van der Waals surface area contributed by atoms with Gasteiger partial charge in [0.2, 0.25) is 11.8 Å². The molecule has 0 saturated carbocycles. The lowest BCUT2D eigenvalue weighted by Crippen LogP contribution is -2.28. The van der Waals surface area contributed by atoms with E-state index in [1.807, 2.05) is 32.0 Å². The number of carbonyl (C=O) groups excluding carboxylic acids is 2. The van der Waals surface area contributed by atoms with Crippen LogP contribution in [-0.2, 0) is 4.79 Å². The van der Waals surface area contributed by atoms with Gasteiger partial charge < -0.3 is 15.4 Å². The number of nitrogens with zero attached hydrogens (tertiary/aromatic N) is 1. The first kappa shape index (κ1) is 20.2. The van der Waals surface area contributed by atoms with E-state index in [2.05, 4.69) is 31.5 Å². The summed E-state index contributed by atoms with van der Waals surface area (Å²) in [5, 5.41) is 5.68. The summed E-state index contributed by atoms with van der Waals surface area (Å²) in [6, 6.07) is 8.78. The highest BCUT2D eigenvalue weighted by molar-refractivity contribution is 9.10. The summed E-state index contributed by atoms with van der Waals surface area (Å²) in [7, 11) is 0. The second-order valence-corrected chi connectivity index (χ2v) is 6.75. The van der Waals surface area contributed by atoms with Crippen molar-refractivity contribution < 1.29 is 14.3 Å². The maximum absolute atomic E-state index is 12.2. The number of halogens is 2. The predicted octanol–water partition coefficient (Wildman–Crippen LogP) is 3.96. The molecule has 0 aliphatic rings. The summed E-state index contributed by atoms with van der Waals surface area (Å²) in [5.74, 6) is -0.332. The molecule has 0 saturated heterocycles. The molecule has 6 nitrogen and oxygen atoms in total. The zero-order valence-corrected chi connectivity index (χ0v) is 16.8. The highest BCUT2D eigenvalue weighted by Crippen LogP contribution is 2.21. The second kappa shape index (κ2) is 9.54. The zero-order chi connectivity index (χ0) is 19.1. The number of carbonyl (C=O) groups is 2. The third-order valence-electron chi connectivity index (χ3n) is 3.44. The number of pyridine rings is 1. The summed E-state index contributed by atoms with van der Waals surface area (Å²) < 4.78 is 6.14. The summed E-state index contributed by atoms with van der Waals surface area (Å²) in [5.41, 5.74) is 1.75. The van der Waals surface area contributed by atoms with E-state index >= 15 is 0 Å². The van der Waals surface area contributed by atoms with Gasteiger partial charge >= 0.3 is 0 Å². The molecule has 0 aliphatic carbocycles.